The molecule has 59 heavy (non-hydrogen) atoms. The van der Waals surface area contributed by atoms with Crippen molar-refractivity contribution in [2.75, 3.05) is 40.4 Å². The van der Waals surface area contributed by atoms with Crippen molar-refractivity contribution in [3.05, 3.63) is 89.8 Å². The Labute approximate surface area is 342 Å². The number of carbonyl (C=O) groups excluding carboxylic acids is 5. The van der Waals surface area contributed by atoms with Crippen molar-refractivity contribution < 1.29 is 33.4 Å². The maximum Gasteiger partial charge on any atom is 0.409 e. The summed E-state index contributed by atoms with van der Waals surface area (Å²) in [7, 11) is 2.55. The van der Waals surface area contributed by atoms with E-state index in [1.54, 1.807) is 30.5 Å². The van der Waals surface area contributed by atoms with Crippen LogP contribution in [-0.4, -0.2) is 117 Å². The molecule has 3 fully saturated rings. The van der Waals surface area contributed by atoms with Gasteiger partial charge in [-0.3, -0.25) is 14.4 Å². The number of aromatic amines is 2. The molecule has 1 aromatic carbocycles. The predicted octanol–water partition coefficient (Wildman–Crippen LogP) is 4.56. The summed E-state index contributed by atoms with van der Waals surface area (Å²) in [6.45, 7) is 6.78. The molecule has 1 radical (unpaired) electrons. The first-order valence-electron chi connectivity index (χ1n) is 20.2. The van der Waals surface area contributed by atoms with Gasteiger partial charge in [0, 0.05) is 31.6 Å². The molecule has 2 unspecified atom stereocenters. The first-order chi connectivity index (χ1) is 28.4. The Morgan fingerprint density at radius 1 is 0.763 bits per heavy atom. The van der Waals surface area contributed by atoms with Crippen molar-refractivity contribution >= 4 is 41.1 Å². The van der Waals surface area contributed by atoms with Crippen LogP contribution in [0.2, 0.25) is 0 Å². The second-order valence-electron chi connectivity index (χ2n) is 16.1. The van der Waals surface area contributed by atoms with Crippen LogP contribution in [0.3, 0.4) is 0 Å². The van der Waals surface area contributed by atoms with Crippen LogP contribution < -0.4 is 10.6 Å². The van der Waals surface area contributed by atoms with Gasteiger partial charge in [0.15, 0.2) is 0 Å². The predicted molar refractivity (Wildman–Crippen MR) is 216 cm³/mol. The lowest BCUT2D eigenvalue weighted by Gasteiger charge is -2.40. The molecule has 3 aromatic rings. The van der Waals surface area contributed by atoms with Crippen molar-refractivity contribution in [3.8, 4) is 11.3 Å². The highest BCUT2D eigenvalue weighted by molar-refractivity contribution is 6.03. The Hall–Kier alpha value is -6.19. The molecule has 0 bridgehead atoms. The SMILES string of the molecule is COC(=O)N[C@@H](C)C(=O)N1CCN(C(=O)OC)C[C@H]1c1ncc(-c2ccc(C3=CC=C(c4cnc([C@@H]5CCCN5C(=O)[C@@H](NC(=O)C5=C[CH]5)C(C)C)[nH]4)C4CC34)cc2)[nH]1. The van der Waals surface area contributed by atoms with Crippen LogP contribution in [0.5, 0.6) is 0 Å². The summed E-state index contributed by atoms with van der Waals surface area (Å²) in [6, 6.07) is 6.08. The highest BCUT2D eigenvalue weighted by Crippen LogP contribution is 2.57. The lowest BCUT2D eigenvalue weighted by Crippen LogP contribution is -2.56. The summed E-state index contributed by atoms with van der Waals surface area (Å²) >= 11 is 0. The fourth-order valence-electron chi connectivity index (χ4n) is 8.60. The van der Waals surface area contributed by atoms with Crippen molar-refractivity contribution in [2.24, 2.45) is 17.8 Å². The standard InChI is InChI=1S/C43H50N9O7/c1-23(2)36(49-39(53)27-12-13-27)41(55)51-16-6-7-34(51)37-45-21-33(48-37)29-15-14-28(30-19-31(29)30)25-8-10-26(11-9-25)32-20-44-38(47-32)35-22-50(43(57)59-5)17-18-52(35)40(54)24(3)46-42(56)58-4/h8-15,20-21,23-24,30-31,34-36H,6-7,16-19,22H2,1-5H3,(H,44,47)(H,45,48)(H,46,56)(H,49,53)/t24-,30?,31?,34-,35-,36-/m0/s1. The first-order valence-corrected chi connectivity index (χ1v) is 20.2. The van der Waals surface area contributed by atoms with Crippen molar-refractivity contribution in [2.45, 2.75) is 64.2 Å². The van der Waals surface area contributed by atoms with Crippen molar-refractivity contribution in [1.29, 1.82) is 0 Å². The summed E-state index contributed by atoms with van der Waals surface area (Å²) in [6.07, 6.45) is 13.0. The van der Waals surface area contributed by atoms with E-state index in [9.17, 15) is 24.0 Å². The van der Waals surface area contributed by atoms with Crippen LogP contribution in [0.25, 0.3) is 22.4 Å². The van der Waals surface area contributed by atoms with Gasteiger partial charge in [0.2, 0.25) is 17.7 Å². The van der Waals surface area contributed by atoms with Gasteiger partial charge in [0.1, 0.15) is 29.8 Å². The second-order valence-corrected chi connectivity index (χ2v) is 16.1. The van der Waals surface area contributed by atoms with Gasteiger partial charge < -0.3 is 44.8 Å². The summed E-state index contributed by atoms with van der Waals surface area (Å²) in [4.78, 5) is 85.4. The van der Waals surface area contributed by atoms with Gasteiger partial charge in [0.05, 0.1) is 50.6 Å². The second kappa shape index (κ2) is 16.2. The van der Waals surface area contributed by atoms with Gasteiger partial charge in [-0.15, -0.1) is 0 Å². The van der Waals surface area contributed by atoms with E-state index in [1.807, 2.05) is 37.1 Å². The largest absolute Gasteiger partial charge is 0.453 e. The molecule has 2 saturated heterocycles. The van der Waals surface area contributed by atoms with Crippen molar-refractivity contribution in [1.82, 2.24) is 45.3 Å². The Morgan fingerprint density at radius 2 is 1.41 bits per heavy atom. The number of hydrogen-bond donors (Lipinski definition) is 4. The molecule has 16 nitrogen and oxygen atoms in total. The summed E-state index contributed by atoms with van der Waals surface area (Å²) in [5.41, 5.74) is 6.89. The topological polar surface area (TPSA) is 195 Å². The quantitative estimate of drug-likeness (QED) is 0.215. The minimum Gasteiger partial charge on any atom is -0.453 e. The van der Waals surface area contributed by atoms with Gasteiger partial charge in [-0.05, 0) is 66.2 Å². The summed E-state index contributed by atoms with van der Waals surface area (Å²) < 4.78 is 9.64. The van der Waals surface area contributed by atoms with Gasteiger partial charge in [-0.1, -0.05) is 56.3 Å². The van der Waals surface area contributed by atoms with Crippen LogP contribution in [0.15, 0.2) is 60.5 Å². The Kier molecular flexibility index (Phi) is 10.9. The van der Waals surface area contributed by atoms with Crippen LogP contribution >= 0.6 is 0 Å². The molecule has 0 spiro atoms. The molecular weight excluding hydrogens is 755 g/mol. The number of amides is 5. The molecule has 5 amide bonds. The smallest absolute Gasteiger partial charge is 0.409 e. The number of H-pyrrole nitrogens is 2. The van der Waals surface area contributed by atoms with E-state index >= 15 is 0 Å². The van der Waals surface area contributed by atoms with E-state index in [1.165, 1.54) is 30.3 Å². The molecule has 2 aromatic heterocycles. The number of ether oxygens (including phenoxy) is 2. The van der Waals surface area contributed by atoms with Crippen molar-refractivity contribution in [3.63, 3.8) is 0 Å². The first kappa shape index (κ1) is 39.6. The van der Waals surface area contributed by atoms with E-state index in [0.717, 1.165) is 47.6 Å². The molecule has 2 aliphatic heterocycles. The molecule has 6 atom stereocenters. The van der Waals surface area contributed by atoms with Gasteiger partial charge in [-0.25, -0.2) is 19.6 Å². The van der Waals surface area contributed by atoms with Crippen LogP contribution in [0, 0.1) is 24.2 Å². The highest BCUT2D eigenvalue weighted by atomic mass is 16.5. The zero-order valence-electron chi connectivity index (χ0n) is 33.9. The number of rotatable bonds is 11. The molecule has 1 saturated carbocycles. The number of hydrogen-bond acceptors (Lipinski definition) is 9. The fourth-order valence-corrected chi connectivity index (χ4v) is 8.60. The van der Waals surface area contributed by atoms with Gasteiger partial charge in [-0.2, -0.15) is 0 Å². The third-order valence-corrected chi connectivity index (χ3v) is 12.0. The third kappa shape index (κ3) is 7.99. The molecule has 8 rings (SSSR count). The third-order valence-electron chi connectivity index (χ3n) is 12.0. The number of aromatic nitrogens is 4. The maximum atomic E-state index is 13.8. The number of imidazole rings is 2. The van der Waals surface area contributed by atoms with Crippen LogP contribution in [0.1, 0.15) is 75.0 Å². The van der Waals surface area contributed by atoms with E-state index in [2.05, 4.69) is 54.6 Å². The number of benzene rings is 1. The minimum atomic E-state index is -0.853. The number of methoxy groups -OCH3 is 2. The van der Waals surface area contributed by atoms with Gasteiger partial charge in [0.25, 0.3) is 0 Å². The number of allylic oxidation sites excluding steroid dienone is 5. The average molecular weight is 805 g/mol. The van der Waals surface area contributed by atoms with E-state index in [0.29, 0.717) is 29.8 Å². The number of fused-ring (bicyclic) bond motifs is 1. The maximum absolute atomic E-state index is 13.8. The molecule has 4 heterocycles. The van der Waals surface area contributed by atoms with Gasteiger partial charge >= 0.3 is 12.2 Å². The molecule has 16 heteroatoms. The molecule has 309 valence electrons. The summed E-state index contributed by atoms with van der Waals surface area (Å²) in [5, 5.41) is 5.47. The number of nitrogens with zero attached hydrogens (tertiary/aromatic N) is 5. The van der Waals surface area contributed by atoms with E-state index in [4.69, 9.17) is 9.72 Å². The lowest BCUT2D eigenvalue weighted by molar-refractivity contribution is -0.138. The van der Waals surface area contributed by atoms with Crippen LogP contribution in [-0.2, 0) is 23.9 Å². The Balaban J connectivity index is 0.950. The molecule has 4 N–H and O–H groups in total. The lowest BCUT2D eigenvalue weighted by atomic mass is 9.91. The van der Waals surface area contributed by atoms with Crippen LogP contribution in [0.4, 0.5) is 9.59 Å². The zero-order chi connectivity index (χ0) is 41.5. The fraction of sp³-hybridized carbons (Fsp3) is 0.442. The van der Waals surface area contributed by atoms with E-state index in [-0.39, 0.29) is 49.3 Å². The summed E-state index contributed by atoms with van der Waals surface area (Å²) in [5.74, 6) is 1.37. The highest BCUT2D eigenvalue weighted by Gasteiger charge is 2.46. The number of nitrogens with one attached hydrogen (secondary N) is 4. The number of alkyl carbamates (subject to hydrolysis) is 1. The average Bonchev–Trinajstić information content (AvgIpc) is 4.07. The molecule has 3 aliphatic carbocycles. The normalized spacial score (nSPS) is 23.0. The molecular formula is C43H50N9O7. The Morgan fingerprint density at radius 3 is 2.10 bits per heavy atom. The monoisotopic (exact) mass is 804 g/mol. The molecule has 5 aliphatic rings. The number of likely N-dealkylation sites (tertiary alicyclic amines) is 1. The zero-order valence-corrected chi connectivity index (χ0v) is 33.9. The minimum absolute atomic E-state index is 0.0542. The number of carbonyl (C=O) groups is 5. The Bertz CT molecular complexity index is 2240. The number of piperazine rings is 1. The van der Waals surface area contributed by atoms with E-state index < -0.39 is 30.3 Å².